The summed E-state index contributed by atoms with van der Waals surface area (Å²) in [7, 11) is 0. The Morgan fingerprint density at radius 2 is 1.53 bits per heavy atom. The molecule has 0 spiro atoms. The first-order chi connectivity index (χ1) is 14.6. The number of carbonyl (C=O) groups excluding carboxylic acids is 1. The molecule has 0 bridgehead atoms. The Kier molecular flexibility index (Phi) is 6.14. The number of carbonyl (C=O) groups is 1. The second-order valence-corrected chi connectivity index (χ2v) is 8.67. The van der Waals surface area contributed by atoms with Crippen LogP contribution in [0.4, 0.5) is 0 Å². The van der Waals surface area contributed by atoms with Crippen molar-refractivity contribution in [3.63, 3.8) is 0 Å². The zero-order chi connectivity index (χ0) is 21.0. The van der Waals surface area contributed by atoms with E-state index in [1.807, 2.05) is 60.7 Å². The molecule has 0 aliphatic heterocycles. The summed E-state index contributed by atoms with van der Waals surface area (Å²) in [6.07, 6.45) is 2.57. The van der Waals surface area contributed by atoms with Gasteiger partial charge in [0, 0.05) is 9.89 Å². The lowest BCUT2D eigenvalue weighted by Crippen LogP contribution is -2.26. The zero-order valence-corrected chi connectivity index (χ0v) is 18.6. The molecule has 0 aromatic heterocycles. The van der Waals surface area contributed by atoms with Gasteiger partial charge in [0.25, 0.3) is 0 Å². The van der Waals surface area contributed by atoms with E-state index in [1.165, 1.54) is 11.1 Å². The van der Waals surface area contributed by atoms with Gasteiger partial charge < -0.3 is 0 Å². The fourth-order valence-electron chi connectivity index (χ4n) is 4.20. The molecule has 30 heavy (non-hydrogen) atoms. The monoisotopic (exact) mass is 460 g/mol. The molecule has 1 N–H and O–H groups in total. The maximum atomic E-state index is 13.1. The summed E-state index contributed by atoms with van der Waals surface area (Å²) >= 11 is 3.47. The molecule has 1 aliphatic rings. The highest BCUT2D eigenvalue weighted by Gasteiger charge is 2.60. The third kappa shape index (κ3) is 4.10. The van der Waals surface area contributed by atoms with Crippen LogP contribution in [0.25, 0.3) is 0 Å². The summed E-state index contributed by atoms with van der Waals surface area (Å²) < 4.78 is 1.03. The van der Waals surface area contributed by atoms with Crippen LogP contribution in [0.2, 0.25) is 0 Å². The van der Waals surface area contributed by atoms with Crippen LogP contribution < -0.4 is 5.43 Å². The molecule has 4 heteroatoms. The van der Waals surface area contributed by atoms with Crippen molar-refractivity contribution in [1.82, 2.24) is 5.43 Å². The number of hydrogen-bond acceptors (Lipinski definition) is 2. The van der Waals surface area contributed by atoms with Crippen LogP contribution >= 0.6 is 15.9 Å². The fourth-order valence-corrected chi connectivity index (χ4v) is 4.46. The van der Waals surface area contributed by atoms with Gasteiger partial charge in [0.1, 0.15) is 0 Å². The Bertz CT molecular complexity index is 990. The third-order valence-corrected chi connectivity index (χ3v) is 6.35. The van der Waals surface area contributed by atoms with E-state index in [2.05, 4.69) is 57.6 Å². The molecule has 3 aromatic rings. The van der Waals surface area contributed by atoms with Crippen LogP contribution in [0.15, 0.2) is 94.5 Å². The lowest BCUT2D eigenvalue weighted by atomic mass is 9.85. The average Bonchev–Trinajstić information content (AvgIpc) is 3.55. The summed E-state index contributed by atoms with van der Waals surface area (Å²) in [5, 5.41) is 4.53. The van der Waals surface area contributed by atoms with Crippen molar-refractivity contribution in [2.45, 2.75) is 31.6 Å². The molecule has 4 rings (SSSR count). The van der Waals surface area contributed by atoms with Crippen LogP contribution in [0, 0.1) is 5.92 Å². The van der Waals surface area contributed by atoms with Gasteiger partial charge in [-0.1, -0.05) is 102 Å². The Balaban J connectivity index is 1.58. The van der Waals surface area contributed by atoms with Crippen molar-refractivity contribution in [3.8, 4) is 0 Å². The van der Waals surface area contributed by atoms with Crippen molar-refractivity contribution in [2.75, 3.05) is 0 Å². The van der Waals surface area contributed by atoms with E-state index < -0.39 is 0 Å². The van der Waals surface area contributed by atoms with E-state index in [4.69, 9.17) is 0 Å². The Hall–Kier alpha value is -2.72. The van der Waals surface area contributed by atoms with Crippen LogP contribution in [0.1, 0.15) is 42.9 Å². The highest BCUT2D eigenvalue weighted by Crippen LogP contribution is 2.58. The summed E-state index contributed by atoms with van der Waals surface area (Å²) in [4.78, 5) is 13.1. The minimum Gasteiger partial charge on any atom is -0.273 e. The largest absolute Gasteiger partial charge is 0.273 e. The van der Waals surface area contributed by atoms with Gasteiger partial charge in [0.15, 0.2) is 0 Å². The van der Waals surface area contributed by atoms with Gasteiger partial charge in [-0.05, 0) is 41.7 Å². The van der Waals surface area contributed by atoms with Crippen LogP contribution in [-0.4, -0.2) is 11.6 Å². The summed E-state index contributed by atoms with van der Waals surface area (Å²) in [5.41, 5.74) is 6.91. The molecule has 152 valence electrons. The van der Waals surface area contributed by atoms with Crippen LogP contribution in [0.3, 0.4) is 0 Å². The molecular weight excluding hydrogens is 436 g/mol. The van der Waals surface area contributed by atoms with E-state index in [9.17, 15) is 4.79 Å². The minimum atomic E-state index is -0.273. The average molecular weight is 461 g/mol. The molecule has 1 amide bonds. The maximum Gasteiger partial charge on any atom is 0.244 e. The topological polar surface area (TPSA) is 41.5 Å². The summed E-state index contributed by atoms with van der Waals surface area (Å²) in [5.74, 6) is -0.146. The fraction of sp³-hybridized carbons (Fsp3) is 0.231. The number of halogens is 1. The highest BCUT2D eigenvalue weighted by molar-refractivity contribution is 9.10. The molecule has 1 fully saturated rings. The van der Waals surface area contributed by atoms with E-state index in [-0.39, 0.29) is 17.2 Å². The predicted molar refractivity (Wildman–Crippen MR) is 126 cm³/mol. The van der Waals surface area contributed by atoms with Gasteiger partial charge in [-0.2, -0.15) is 5.10 Å². The molecule has 3 nitrogen and oxygen atoms in total. The maximum absolute atomic E-state index is 13.1. The predicted octanol–water partition coefficient (Wildman–Crippen LogP) is 6.08. The highest BCUT2D eigenvalue weighted by atomic mass is 79.9. The van der Waals surface area contributed by atoms with Gasteiger partial charge in [0.2, 0.25) is 5.91 Å². The van der Waals surface area contributed by atoms with Crippen molar-refractivity contribution in [1.29, 1.82) is 0 Å². The molecule has 3 aromatic carbocycles. The van der Waals surface area contributed by atoms with E-state index in [0.29, 0.717) is 0 Å². The van der Waals surface area contributed by atoms with E-state index in [1.54, 1.807) is 0 Å². The number of hydrogen-bond donors (Lipinski definition) is 1. The first-order valence-corrected chi connectivity index (χ1v) is 11.2. The van der Waals surface area contributed by atoms with Gasteiger partial charge in [-0.3, -0.25) is 4.79 Å². The van der Waals surface area contributed by atoms with Gasteiger partial charge in [-0.25, -0.2) is 5.43 Å². The zero-order valence-electron chi connectivity index (χ0n) is 17.0. The van der Waals surface area contributed by atoms with Gasteiger partial charge >= 0.3 is 0 Å². The summed E-state index contributed by atoms with van der Waals surface area (Å²) in [6, 6.07) is 28.7. The van der Waals surface area contributed by atoms with Crippen LogP contribution in [-0.2, 0) is 10.2 Å². The van der Waals surface area contributed by atoms with Gasteiger partial charge in [0.05, 0.1) is 11.6 Å². The SMILES string of the molecule is CCC/C(=N/NC(=O)C1CC1(c1ccccc1)c1ccccc1)c1ccc(Br)cc1. The van der Waals surface area contributed by atoms with Gasteiger partial charge in [-0.15, -0.1) is 0 Å². The lowest BCUT2D eigenvalue weighted by molar-refractivity contribution is -0.122. The quantitative estimate of drug-likeness (QED) is 0.337. The number of nitrogens with one attached hydrogen (secondary N) is 1. The van der Waals surface area contributed by atoms with E-state index in [0.717, 1.165) is 35.0 Å². The number of benzene rings is 3. The molecule has 1 atom stereocenters. The number of rotatable bonds is 7. The Morgan fingerprint density at radius 1 is 0.967 bits per heavy atom. The number of hydrazone groups is 1. The van der Waals surface area contributed by atoms with Crippen molar-refractivity contribution in [2.24, 2.45) is 11.0 Å². The van der Waals surface area contributed by atoms with Crippen molar-refractivity contribution < 1.29 is 4.79 Å². The number of nitrogens with zero attached hydrogens (tertiary/aromatic N) is 1. The van der Waals surface area contributed by atoms with Crippen molar-refractivity contribution in [3.05, 3.63) is 106 Å². The minimum absolute atomic E-state index is 0.0200. The lowest BCUT2D eigenvalue weighted by Gasteiger charge is -2.18. The third-order valence-electron chi connectivity index (χ3n) is 5.82. The molecule has 1 aliphatic carbocycles. The molecule has 1 saturated carbocycles. The molecule has 1 unspecified atom stereocenters. The molecule has 0 radical (unpaired) electrons. The smallest absolute Gasteiger partial charge is 0.244 e. The molecule has 0 heterocycles. The first-order valence-electron chi connectivity index (χ1n) is 10.4. The summed E-state index contributed by atoms with van der Waals surface area (Å²) in [6.45, 7) is 2.12. The van der Waals surface area contributed by atoms with Crippen molar-refractivity contribution >= 4 is 27.5 Å². The normalized spacial score (nSPS) is 17.4. The Morgan fingerprint density at radius 3 is 2.07 bits per heavy atom. The number of amides is 1. The molecule has 0 saturated heterocycles. The second kappa shape index (κ2) is 8.97. The van der Waals surface area contributed by atoms with Crippen LogP contribution in [0.5, 0.6) is 0 Å². The second-order valence-electron chi connectivity index (χ2n) is 7.75. The Labute approximate surface area is 186 Å². The first kappa shape index (κ1) is 20.5. The van der Waals surface area contributed by atoms with E-state index >= 15 is 0 Å². The molecular formula is C26H25BrN2O. The standard InChI is InChI=1S/C26H25BrN2O/c1-2-9-24(19-14-16-22(27)17-15-19)28-29-25(30)23-18-26(23,20-10-5-3-6-11-20)21-12-7-4-8-13-21/h3-8,10-17,23H,2,9,18H2,1H3,(H,29,30)/b28-24-.